The number of rotatable bonds is 10. The van der Waals surface area contributed by atoms with Crippen LogP contribution in [0.5, 0.6) is 5.75 Å². The van der Waals surface area contributed by atoms with Crippen LogP contribution in [0, 0.1) is 0 Å². The third-order valence-corrected chi connectivity index (χ3v) is 5.71. The van der Waals surface area contributed by atoms with Crippen molar-refractivity contribution in [3.8, 4) is 5.75 Å². The van der Waals surface area contributed by atoms with Gasteiger partial charge in [0.25, 0.3) is 0 Å². The van der Waals surface area contributed by atoms with Crippen molar-refractivity contribution < 1.29 is 14.3 Å². The molecule has 6 heteroatoms. The summed E-state index contributed by atoms with van der Waals surface area (Å²) in [5, 5.41) is 0.933. The molecular weight excluding hydrogens is 428 g/mol. The summed E-state index contributed by atoms with van der Waals surface area (Å²) >= 11 is 0. The smallest absolute Gasteiger partial charge is 0.319 e. The maximum Gasteiger partial charge on any atom is 0.319 e. The number of pyridine rings is 1. The number of H-pyrrole nitrogens is 1. The molecule has 0 aliphatic rings. The number of benzene rings is 3. The molecular formula is C28H28N2O4. The first-order valence-corrected chi connectivity index (χ1v) is 11.3. The van der Waals surface area contributed by atoms with E-state index in [-0.39, 0.29) is 18.1 Å². The highest BCUT2D eigenvalue weighted by Crippen LogP contribution is 2.27. The second-order valence-corrected chi connectivity index (χ2v) is 8.13. The Balaban J connectivity index is 1.54. The molecule has 0 aliphatic carbocycles. The van der Waals surface area contributed by atoms with Crippen molar-refractivity contribution in [1.29, 1.82) is 0 Å². The summed E-state index contributed by atoms with van der Waals surface area (Å²) in [7, 11) is 1.40. The van der Waals surface area contributed by atoms with Gasteiger partial charge in [0.2, 0.25) is 5.56 Å². The standard InChI is InChI=1S/C28H28N2O4/c1-33-27(32)19-30(18-21-8-4-2-5-9-21)17-16-23-12-14-25(28-24(23)13-15-26(31)29-28)34-20-22-10-6-3-7-11-22/h2-15H,16-20H2,1H3,(H,29,31). The fraction of sp³-hybridized carbons (Fsp3) is 0.214. The summed E-state index contributed by atoms with van der Waals surface area (Å²) < 4.78 is 10.9. The number of nitrogens with one attached hydrogen (secondary N) is 1. The second kappa shape index (κ2) is 11.3. The third kappa shape index (κ3) is 6.11. The first kappa shape index (κ1) is 23.3. The molecule has 1 aromatic heterocycles. The van der Waals surface area contributed by atoms with Gasteiger partial charge in [-0.15, -0.1) is 0 Å². The van der Waals surface area contributed by atoms with Gasteiger partial charge in [-0.05, 0) is 35.2 Å². The van der Waals surface area contributed by atoms with Crippen molar-refractivity contribution in [2.24, 2.45) is 0 Å². The number of nitrogens with zero attached hydrogens (tertiary/aromatic N) is 1. The van der Waals surface area contributed by atoms with E-state index in [1.165, 1.54) is 13.2 Å². The van der Waals surface area contributed by atoms with Gasteiger partial charge < -0.3 is 14.5 Å². The predicted octanol–water partition coefficient (Wildman–Crippen LogP) is 4.32. The van der Waals surface area contributed by atoms with E-state index in [0.29, 0.717) is 37.4 Å². The number of aromatic amines is 1. The molecule has 0 spiro atoms. The van der Waals surface area contributed by atoms with Crippen LogP contribution in [0.25, 0.3) is 10.9 Å². The van der Waals surface area contributed by atoms with Crippen molar-refractivity contribution in [3.63, 3.8) is 0 Å². The quantitative estimate of drug-likeness (QED) is 0.360. The molecule has 0 atom stereocenters. The van der Waals surface area contributed by atoms with Gasteiger partial charge in [-0.2, -0.15) is 0 Å². The molecule has 1 heterocycles. The van der Waals surface area contributed by atoms with E-state index in [0.717, 1.165) is 22.1 Å². The van der Waals surface area contributed by atoms with Gasteiger partial charge >= 0.3 is 5.97 Å². The number of ether oxygens (including phenoxy) is 2. The lowest BCUT2D eigenvalue weighted by Crippen LogP contribution is -2.32. The molecule has 1 N–H and O–H groups in total. The zero-order valence-corrected chi connectivity index (χ0v) is 19.2. The molecule has 0 saturated carbocycles. The second-order valence-electron chi connectivity index (χ2n) is 8.13. The predicted molar refractivity (Wildman–Crippen MR) is 133 cm³/mol. The fourth-order valence-electron chi connectivity index (χ4n) is 3.94. The lowest BCUT2D eigenvalue weighted by molar-refractivity contribution is -0.142. The summed E-state index contributed by atoms with van der Waals surface area (Å²) in [6.07, 6.45) is 0.700. The normalized spacial score (nSPS) is 11.0. The van der Waals surface area contributed by atoms with E-state index in [4.69, 9.17) is 9.47 Å². The Bertz CT molecular complexity index is 1290. The van der Waals surface area contributed by atoms with Crippen LogP contribution in [0.2, 0.25) is 0 Å². The van der Waals surface area contributed by atoms with E-state index in [2.05, 4.69) is 9.88 Å². The van der Waals surface area contributed by atoms with Gasteiger partial charge in [0.05, 0.1) is 19.2 Å². The first-order chi connectivity index (χ1) is 16.6. The SMILES string of the molecule is COC(=O)CN(CCc1ccc(OCc2ccccc2)c2[nH]c(=O)ccc12)Cc1ccccc1. The summed E-state index contributed by atoms with van der Waals surface area (Å²) in [4.78, 5) is 29.1. The van der Waals surface area contributed by atoms with Gasteiger partial charge in [-0.3, -0.25) is 14.5 Å². The van der Waals surface area contributed by atoms with Crippen LogP contribution in [0.15, 0.2) is 89.7 Å². The highest BCUT2D eigenvalue weighted by atomic mass is 16.5. The zero-order valence-electron chi connectivity index (χ0n) is 19.2. The number of carbonyl (C=O) groups is 1. The Labute approximate surface area is 198 Å². The van der Waals surface area contributed by atoms with Crippen LogP contribution in [0.3, 0.4) is 0 Å². The van der Waals surface area contributed by atoms with Crippen LogP contribution < -0.4 is 10.3 Å². The monoisotopic (exact) mass is 456 g/mol. The maximum absolute atomic E-state index is 12.1. The van der Waals surface area contributed by atoms with Crippen molar-refractivity contribution in [2.75, 3.05) is 20.2 Å². The molecule has 34 heavy (non-hydrogen) atoms. The molecule has 0 fully saturated rings. The number of hydrogen-bond acceptors (Lipinski definition) is 5. The van der Waals surface area contributed by atoms with Gasteiger partial charge in [0.15, 0.2) is 0 Å². The Morgan fingerprint density at radius 3 is 2.29 bits per heavy atom. The minimum atomic E-state index is -0.269. The highest BCUT2D eigenvalue weighted by Gasteiger charge is 2.14. The summed E-state index contributed by atoms with van der Waals surface area (Å²) in [5.74, 6) is 0.366. The zero-order chi connectivity index (χ0) is 23.8. The van der Waals surface area contributed by atoms with Crippen molar-refractivity contribution in [2.45, 2.75) is 19.6 Å². The number of fused-ring (bicyclic) bond motifs is 1. The minimum Gasteiger partial charge on any atom is -0.487 e. The largest absolute Gasteiger partial charge is 0.487 e. The molecule has 0 bridgehead atoms. The molecule has 0 amide bonds. The van der Waals surface area contributed by atoms with E-state index in [1.54, 1.807) is 0 Å². The van der Waals surface area contributed by atoms with E-state index in [9.17, 15) is 9.59 Å². The Morgan fingerprint density at radius 2 is 1.59 bits per heavy atom. The first-order valence-electron chi connectivity index (χ1n) is 11.3. The van der Waals surface area contributed by atoms with Crippen LogP contribution in [-0.2, 0) is 29.1 Å². The molecule has 4 rings (SSSR count). The van der Waals surface area contributed by atoms with Gasteiger partial charge in [-0.1, -0.05) is 66.7 Å². The Morgan fingerprint density at radius 1 is 0.882 bits per heavy atom. The number of esters is 1. The minimum absolute atomic E-state index is 0.175. The molecule has 0 saturated heterocycles. The Kier molecular flexibility index (Phi) is 7.73. The number of aromatic nitrogens is 1. The fourth-order valence-corrected chi connectivity index (χ4v) is 3.94. The topological polar surface area (TPSA) is 71.6 Å². The molecule has 3 aromatic carbocycles. The molecule has 6 nitrogen and oxygen atoms in total. The molecule has 0 aliphatic heterocycles. The maximum atomic E-state index is 12.1. The molecule has 174 valence electrons. The van der Waals surface area contributed by atoms with E-state index >= 15 is 0 Å². The third-order valence-electron chi connectivity index (χ3n) is 5.71. The Hall–Kier alpha value is -3.90. The van der Waals surface area contributed by atoms with Crippen molar-refractivity contribution in [3.05, 3.63) is 112 Å². The lowest BCUT2D eigenvalue weighted by Gasteiger charge is -2.22. The molecule has 0 unspecified atom stereocenters. The van der Waals surface area contributed by atoms with Crippen molar-refractivity contribution >= 4 is 16.9 Å². The molecule has 4 aromatic rings. The van der Waals surface area contributed by atoms with Gasteiger partial charge in [0.1, 0.15) is 12.4 Å². The number of methoxy groups -OCH3 is 1. The summed E-state index contributed by atoms with van der Waals surface area (Å²) in [6.45, 7) is 1.92. The van der Waals surface area contributed by atoms with Crippen LogP contribution in [0.4, 0.5) is 0 Å². The summed E-state index contributed by atoms with van der Waals surface area (Å²) in [6, 6.07) is 27.2. The van der Waals surface area contributed by atoms with Crippen LogP contribution in [0.1, 0.15) is 16.7 Å². The number of hydrogen-bond donors (Lipinski definition) is 1. The molecule has 0 radical (unpaired) electrons. The van der Waals surface area contributed by atoms with Crippen LogP contribution >= 0.6 is 0 Å². The van der Waals surface area contributed by atoms with Crippen LogP contribution in [-0.4, -0.2) is 36.1 Å². The average molecular weight is 457 g/mol. The summed E-state index contributed by atoms with van der Waals surface area (Å²) in [5.41, 5.74) is 3.76. The average Bonchev–Trinajstić information content (AvgIpc) is 2.87. The van der Waals surface area contributed by atoms with E-state index in [1.807, 2.05) is 78.9 Å². The lowest BCUT2D eigenvalue weighted by atomic mass is 10.0. The number of carbonyl (C=O) groups excluding carboxylic acids is 1. The van der Waals surface area contributed by atoms with E-state index < -0.39 is 0 Å². The van der Waals surface area contributed by atoms with Gasteiger partial charge in [-0.25, -0.2) is 0 Å². The van der Waals surface area contributed by atoms with Gasteiger partial charge in [0, 0.05) is 24.5 Å². The van der Waals surface area contributed by atoms with Crippen molar-refractivity contribution in [1.82, 2.24) is 9.88 Å². The highest BCUT2D eigenvalue weighted by molar-refractivity contribution is 5.87.